The van der Waals surface area contributed by atoms with Gasteiger partial charge in [0, 0.05) is 18.9 Å². The maximum Gasteiger partial charge on any atom is 0.0566 e. The molecular formula is C11H18N2. The van der Waals surface area contributed by atoms with Crippen LogP contribution < -0.4 is 0 Å². The van der Waals surface area contributed by atoms with Crippen molar-refractivity contribution in [3.05, 3.63) is 24.5 Å². The fourth-order valence-electron chi connectivity index (χ4n) is 2.32. The second kappa shape index (κ2) is 3.18. The zero-order chi connectivity index (χ0) is 9.31. The van der Waals surface area contributed by atoms with Gasteiger partial charge in [0.25, 0.3) is 0 Å². The van der Waals surface area contributed by atoms with Gasteiger partial charge in [0.2, 0.25) is 0 Å². The number of hydrogen-bond donors (Lipinski definition) is 0. The predicted octanol–water partition coefficient (Wildman–Crippen LogP) is 1.93. The van der Waals surface area contributed by atoms with Crippen LogP contribution in [0, 0.1) is 0 Å². The zero-order valence-corrected chi connectivity index (χ0v) is 8.53. The van der Waals surface area contributed by atoms with Gasteiger partial charge in [-0.1, -0.05) is 0 Å². The maximum absolute atomic E-state index is 2.39. The first-order valence-electron chi connectivity index (χ1n) is 5.01. The molecule has 0 spiro atoms. The van der Waals surface area contributed by atoms with Gasteiger partial charge in [-0.25, -0.2) is 0 Å². The Balaban J connectivity index is 2.16. The average Bonchev–Trinajstić information content (AvgIpc) is 2.48. The van der Waals surface area contributed by atoms with Gasteiger partial charge in [0.1, 0.15) is 0 Å². The monoisotopic (exact) mass is 178 g/mol. The zero-order valence-electron chi connectivity index (χ0n) is 8.53. The van der Waals surface area contributed by atoms with Crippen LogP contribution in [0.2, 0.25) is 0 Å². The van der Waals surface area contributed by atoms with Gasteiger partial charge in [-0.2, -0.15) is 0 Å². The minimum Gasteiger partial charge on any atom is -0.347 e. The summed E-state index contributed by atoms with van der Waals surface area (Å²) in [5.41, 5.74) is 0.410. The molecule has 2 rings (SSSR count). The van der Waals surface area contributed by atoms with Crippen molar-refractivity contribution in [3.8, 4) is 0 Å². The summed E-state index contributed by atoms with van der Waals surface area (Å²) < 4.78 is 2.39. The molecule has 0 saturated heterocycles. The average molecular weight is 178 g/mol. The molecule has 2 heteroatoms. The van der Waals surface area contributed by atoms with Gasteiger partial charge in [-0.15, -0.1) is 0 Å². The normalized spacial score (nSPS) is 20.2. The number of hydrogen-bond acceptors (Lipinski definition) is 1. The Morgan fingerprint density at radius 1 is 1.23 bits per heavy atom. The summed E-state index contributed by atoms with van der Waals surface area (Å²) in [7, 11) is 4.31. The molecule has 72 valence electrons. The lowest BCUT2D eigenvalue weighted by Crippen LogP contribution is -2.47. The van der Waals surface area contributed by atoms with Crippen LogP contribution in [0.3, 0.4) is 0 Å². The van der Waals surface area contributed by atoms with E-state index in [9.17, 15) is 0 Å². The smallest absolute Gasteiger partial charge is 0.0566 e. The Hall–Kier alpha value is -0.760. The highest BCUT2D eigenvalue weighted by molar-refractivity contribution is 5.03. The van der Waals surface area contributed by atoms with Crippen molar-refractivity contribution in [2.24, 2.45) is 0 Å². The molecule has 1 heterocycles. The third kappa shape index (κ3) is 1.51. The van der Waals surface area contributed by atoms with Gasteiger partial charge in [-0.05, 0) is 45.5 Å². The maximum atomic E-state index is 2.39. The molecule has 0 radical (unpaired) electrons. The predicted molar refractivity (Wildman–Crippen MR) is 54.8 cm³/mol. The van der Waals surface area contributed by atoms with Crippen molar-refractivity contribution in [3.63, 3.8) is 0 Å². The summed E-state index contributed by atoms with van der Waals surface area (Å²) in [5, 5.41) is 0. The van der Waals surface area contributed by atoms with Crippen molar-refractivity contribution < 1.29 is 0 Å². The lowest BCUT2D eigenvalue weighted by Gasteiger charge is -2.45. The highest BCUT2D eigenvalue weighted by Crippen LogP contribution is 2.39. The first-order chi connectivity index (χ1) is 6.23. The lowest BCUT2D eigenvalue weighted by molar-refractivity contribution is 0.0995. The minimum atomic E-state index is 0.410. The molecular weight excluding hydrogens is 160 g/mol. The van der Waals surface area contributed by atoms with Crippen LogP contribution in [0.5, 0.6) is 0 Å². The molecule has 0 bridgehead atoms. The van der Waals surface area contributed by atoms with E-state index in [2.05, 4.69) is 48.1 Å². The van der Waals surface area contributed by atoms with Crippen molar-refractivity contribution in [1.29, 1.82) is 0 Å². The van der Waals surface area contributed by atoms with Crippen molar-refractivity contribution in [2.45, 2.75) is 24.8 Å². The third-order valence-corrected chi connectivity index (χ3v) is 3.05. The van der Waals surface area contributed by atoms with E-state index in [1.54, 1.807) is 0 Å². The van der Waals surface area contributed by atoms with Crippen molar-refractivity contribution in [1.82, 2.24) is 9.47 Å². The molecule has 1 aliphatic carbocycles. The molecule has 0 N–H and O–H groups in total. The quantitative estimate of drug-likeness (QED) is 0.686. The summed E-state index contributed by atoms with van der Waals surface area (Å²) >= 11 is 0. The van der Waals surface area contributed by atoms with Gasteiger partial charge in [0.05, 0.1) is 5.54 Å². The molecule has 2 nitrogen and oxygen atoms in total. The fraction of sp³-hybridized carbons (Fsp3) is 0.636. The Labute approximate surface area is 80.2 Å². The van der Waals surface area contributed by atoms with E-state index in [0.717, 1.165) is 0 Å². The molecule has 1 fully saturated rings. The van der Waals surface area contributed by atoms with E-state index in [1.165, 1.54) is 25.8 Å². The summed E-state index contributed by atoms with van der Waals surface area (Å²) in [4.78, 5) is 2.29. The number of likely N-dealkylation sites (N-methyl/N-ethyl adjacent to an activating group) is 1. The van der Waals surface area contributed by atoms with Gasteiger partial charge < -0.3 is 9.47 Å². The molecule has 1 aromatic rings. The van der Waals surface area contributed by atoms with Gasteiger partial charge in [-0.3, -0.25) is 0 Å². The van der Waals surface area contributed by atoms with Crippen LogP contribution in [0.1, 0.15) is 19.3 Å². The standard InChI is InChI=1S/C11H18N2/c1-12(2)10-11(6-5-7-11)13-8-3-4-9-13/h3-4,8-9H,5-7,10H2,1-2H3. The van der Waals surface area contributed by atoms with Crippen LogP contribution in [0.15, 0.2) is 24.5 Å². The Morgan fingerprint density at radius 2 is 1.85 bits per heavy atom. The molecule has 1 saturated carbocycles. The molecule has 0 aromatic carbocycles. The van der Waals surface area contributed by atoms with Crippen molar-refractivity contribution in [2.75, 3.05) is 20.6 Å². The van der Waals surface area contributed by atoms with E-state index >= 15 is 0 Å². The SMILES string of the molecule is CN(C)CC1(n2cccc2)CCC1. The second-order valence-electron chi connectivity index (χ2n) is 4.41. The summed E-state index contributed by atoms with van der Waals surface area (Å²) in [6.45, 7) is 1.17. The summed E-state index contributed by atoms with van der Waals surface area (Å²) in [5.74, 6) is 0. The number of rotatable bonds is 3. The minimum absolute atomic E-state index is 0.410. The summed E-state index contributed by atoms with van der Waals surface area (Å²) in [6.07, 6.45) is 8.44. The van der Waals surface area contributed by atoms with Crippen LogP contribution >= 0.6 is 0 Å². The number of nitrogens with zero attached hydrogens (tertiary/aromatic N) is 2. The van der Waals surface area contributed by atoms with E-state index in [-0.39, 0.29) is 0 Å². The highest BCUT2D eigenvalue weighted by atomic mass is 15.2. The Bertz CT molecular complexity index is 258. The molecule has 0 aliphatic heterocycles. The van der Waals surface area contributed by atoms with Gasteiger partial charge in [0.15, 0.2) is 0 Å². The van der Waals surface area contributed by atoms with E-state index < -0.39 is 0 Å². The summed E-state index contributed by atoms with van der Waals surface area (Å²) in [6, 6.07) is 4.24. The van der Waals surface area contributed by atoms with Crippen LogP contribution in [-0.2, 0) is 5.54 Å². The topological polar surface area (TPSA) is 8.17 Å². The van der Waals surface area contributed by atoms with Crippen molar-refractivity contribution >= 4 is 0 Å². The van der Waals surface area contributed by atoms with E-state index in [1.807, 2.05) is 0 Å². The highest BCUT2D eigenvalue weighted by Gasteiger charge is 2.38. The van der Waals surface area contributed by atoms with Crippen LogP contribution in [-0.4, -0.2) is 30.1 Å². The first-order valence-corrected chi connectivity index (χ1v) is 5.01. The molecule has 1 aromatic heterocycles. The molecule has 0 amide bonds. The Morgan fingerprint density at radius 3 is 2.23 bits per heavy atom. The number of aromatic nitrogens is 1. The van der Waals surface area contributed by atoms with Gasteiger partial charge >= 0.3 is 0 Å². The Kier molecular flexibility index (Phi) is 2.16. The largest absolute Gasteiger partial charge is 0.347 e. The molecule has 13 heavy (non-hydrogen) atoms. The second-order valence-corrected chi connectivity index (χ2v) is 4.41. The fourth-order valence-corrected chi connectivity index (χ4v) is 2.32. The third-order valence-electron chi connectivity index (χ3n) is 3.05. The lowest BCUT2D eigenvalue weighted by atomic mass is 9.76. The molecule has 1 aliphatic rings. The van der Waals surface area contributed by atoms with E-state index in [0.29, 0.717) is 5.54 Å². The first kappa shape index (κ1) is 8.82. The molecule has 0 atom stereocenters. The molecule has 0 unspecified atom stereocenters. The van der Waals surface area contributed by atoms with E-state index in [4.69, 9.17) is 0 Å². The van der Waals surface area contributed by atoms with Crippen LogP contribution in [0.4, 0.5) is 0 Å². The van der Waals surface area contributed by atoms with Crippen LogP contribution in [0.25, 0.3) is 0 Å².